The van der Waals surface area contributed by atoms with Crippen LogP contribution in [0.4, 0.5) is 0 Å². The number of hydrogen-bond donors (Lipinski definition) is 0. The molecule has 0 fully saturated rings. The van der Waals surface area contributed by atoms with Crippen LogP contribution < -0.4 is 0 Å². The smallest absolute Gasteiger partial charge is 0.302 e. The number of carbonyl (C=O) groups is 1. The molecule has 0 saturated heterocycles. The monoisotopic (exact) mass is 284 g/mol. The quantitative estimate of drug-likeness (QED) is 0.289. The van der Waals surface area contributed by atoms with Gasteiger partial charge in [0.05, 0.1) is 0 Å². The van der Waals surface area contributed by atoms with E-state index in [1.807, 2.05) is 12.2 Å². The van der Waals surface area contributed by atoms with Gasteiger partial charge in [0.25, 0.3) is 0 Å². The van der Waals surface area contributed by atoms with Crippen molar-refractivity contribution in [2.24, 2.45) is 0 Å². The van der Waals surface area contributed by atoms with Crippen LogP contribution >= 0.6 is 0 Å². The van der Waals surface area contributed by atoms with E-state index in [0.717, 1.165) is 6.42 Å². The van der Waals surface area contributed by atoms with Gasteiger partial charge < -0.3 is 4.74 Å². The number of carbonyl (C=O) groups excluding carboxylic acids is 1. The standard InChI is InChI=1S/C19H24O2/c1-3-4-5-6-7-8-9-10-11-12-13-14-15-16-17-18-21-19(2)20/h8-11,16-17H,3-7,18H2,1-2H3. The molecule has 0 aromatic heterocycles. The largest absolute Gasteiger partial charge is 0.462 e. The molecule has 0 aliphatic heterocycles. The Balaban J connectivity index is 3.70. The van der Waals surface area contributed by atoms with Gasteiger partial charge >= 0.3 is 5.97 Å². The third-order valence-corrected chi connectivity index (χ3v) is 2.44. The van der Waals surface area contributed by atoms with E-state index in [1.165, 1.54) is 32.6 Å². The van der Waals surface area contributed by atoms with E-state index in [4.69, 9.17) is 4.74 Å². The third-order valence-electron chi connectivity index (χ3n) is 2.44. The minimum absolute atomic E-state index is 0.250. The molecule has 0 aromatic carbocycles. The van der Waals surface area contributed by atoms with Crippen LogP contribution in [0.2, 0.25) is 0 Å². The fourth-order valence-electron chi connectivity index (χ4n) is 1.40. The number of hydrogen-bond acceptors (Lipinski definition) is 2. The molecule has 0 spiro atoms. The van der Waals surface area contributed by atoms with Crippen LogP contribution in [-0.4, -0.2) is 12.6 Å². The summed E-state index contributed by atoms with van der Waals surface area (Å²) in [5.41, 5.74) is 0. The Bertz CT molecular complexity index is 473. The maximum atomic E-state index is 10.5. The first-order valence-electron chi connectivity index (χ1n) is 7.38. The van der Waals surface area contributed by atoms with Crippen molar-refractivity contribution < 1.29 is 9.53 Å². The van der Waals surface area contributed by atoms with Crippen molar-refractivity contribution in [3.8, 4) is 23.7 Å². The van der Waals surface area contributed by atoms with Gasteiger partial charge in [0.15, 0.2) is 0 Å². The van der Waals surface area contributed by atoms with Crippen molar-refractivity contribution in [1.29, 1.82) is 0 Å². The van der Waals surface area contributed by atoms with E-state index in [9.17, 15) is 4.79 Å². The number of allylic oxidation sites excluding steroid dienone is 5. The van der Waals surface area contributed by atoms with Gasteiger partial charge in [-0.25, -0.2) is 0 Å². The fraction of sp³-hybridized carbons (Fsp3) is 0.421. The zero-order valence-electron chi connectivity index (χ0n) is 13.0. The molecule has 0 aromatic rings. The van der Waals surface area contributed by atoms with E-state index in [-0.39, 0.29) is 12.6 Å². The van der Waals surface area contributed by atoms with E-state index >= 15 is 0 Å². The van der Waals surface area contributed by atoms with Gasteiger partial charge in [-0.05, 0) is 42.9 Å². The molecule has 21 heavy (non-hydrogen) atoms. The molecule has 0 rings (SSSR count). The zero-order valence-corrected chi connectivity index (χ0v) is 13.0. The maximum absolute atomic E-state index is 10.5. The Hall–Kier alpha value is -2.19. The van der Waals surface area contributed by atoms with Crippen LogP contribution in [0.25, 0.3) is 0 Å². The minimum Gasteiger partial charge on any atom is -0.462 e. The number of rotatable bonds is 8. The summed E-state index contributed by atoms with van der Waals surface area (Å²) >= 11 is 0. The fourth-order valence-corrected chi connectivity index (χ4v) is 1.40. The second-order valence-corrected chi connectivity index (χ2v) is 4.38. The Morgan fingerprint density at radius 1 is 1.00 bits per heavy atom. The van der Waals surface area contributed by atoms with Crippen molar-refractivity contribution in [2.75, 3.05) is 6.61 Å². The molecular formula is C19H24O2. The first kappa shape index (κ1) is 18.8. The average Bonchev–Trinajstić information content (AvgIpc) is 2.46. The average molecular weight is 284 g/mol. The Morgan fingerprint density at radius 2 is 1.76 bits per heavy atom. The Morgan fingerprint density at radius 3 is 2.48 bits per heavy atom. The van der Waals surface area contributed by atoms with E-state index in [0.29, 0.717) is 0 Å². The lowest BCUT2D eigenvalue weighted by atomic mass is 10.1. The van der Waals surface area contributed by atoms with Crippen molar-refractivity contribution in [3.05, 3.63) is 36.5 Å². The molecule has 0 saturated carbocycles. The third kappa shape index (κ3) is 17.8. The molecule has 0 atom stereocenters. The van der Waals surface area contributed by atoms with Gasteiger partial charge in [-0.15, -0.1) is 0 Å². The van der Waals surface area contributed by atoms with E-state index in [2.05, 4.69) is 36.7 Å². The molecule has 0 amide bonds. The van der Waals surface area contributed by atoms with Crippen molar-refractivity contribution in [1.82, 2.24) is 0 Å². The lowest BCUT2D eigenvalue weighted by molar-refractivity contribution is -0.139. The topological polar surface area (TPSA) is 26.3 Å². The molecule has 2 nitrogen and oxygen atoms in total. The summed E-state index contributed by atoms with van der Waals surface area (Å²) in [7, 11) is 0. The number of ether oxygens (including phenoxy) is 1. The molecule has 0 radical (unpaired) electrons. The molecule has 0 heterocycles. The van der Waals surface area contributed by atoms with Gasteiger partial charge in [0.2, 0.25) is 0 Å². The summed E-state index contributed by atoms with van der Waals surface area (Å²) in [6, 6.07) is 0. The summed E-state index contributed by atoms with van der Waals surface area (Å²) < 4.78 is 4.71. The zero-order chi connectivity index (χ0) is 15.6. The first-order chi connectivity index (χ1) is 10.3. The van der Waals surface area contributed by atoms with E-state index < -0.39 is 0 Å². The van der Waals surface area contributed by atoms with Gasteiger partial charge in [-0.3, -0.25) is 4.79 Å². The molecule has 0 aliphatic rings. The second-order valence-electron chi connectivity index (χ2n) is 4.38. The SMILES string of the molecule is CCCCCCC=CC=CC#CC#CC=CCOC(C)=O. The lowest BCUT2D eigenvalue weighted by Crippen LogP contribution is -1.96. The maximum Gasteiger partial charge on any atom is 0.302 e. The number of unbranched alkanes of at least 4 members (excludes halogenated alkanes) is 4. The van der Waals surface area contributed by atoms with Gasteiger partial charge in [0.1, 0.15) is 6.61 Å². The summed E-state index contributed by atoms with van der Waals surface area (Å²) in [6.45, 7) is 3.84. The minimum atomic E-state index is -0.295. The molecule has 0 N–H and O–H groups in total. The van der Waals surface area contributed by atoms with Gasteiger partial charge in [-0.2, -0.15) is 0 Å². The van der Waals surface area contributed by atoms with E-state index in [1.54, 1.807) is 18.2 Å². The van der Waals surface area contributed by atoms with Gasteiger partial charge in [0, 0.05) is 6.92 Å². The molecule has 2 heteroatoms. The summed E-state index contributed by atoms with van der Waals surface area (Å²) in [5, 5.41) is 0. The van der Waals surface area contributed by atoms with Crippen LogP contribution in [0, 0.1) is 23.7 Å². The van der Waals surface area contributed by atoms with Crippen LogP contribution in [-0.2, 0) is 9.53 Å². The highest BCUT2D eigenvalue weighted by atomic mass is 16.5. The summed E-state index contributed by atoms with van der Waals surface area (Å²) in [5.74, 6) is 10.7. The Kier molecular flexibility index (Phi) is 14.2. The highest BCUT2D eigenvalue weighted by Crippen LogP contribution is 2.02. The summed E-state index contributed by atoms with van der Waals surface area (Å²) in [6.07, 6.45) is 17.5. The highest BCUT2D eigenvalue weighted by molar-refractivity contribution is 5.66. The summed E-state index contributed by atoms with van der Waals surface area (Å²) in [4.78, 5) is 10.5. The number of esters is 1. The molecule has 0 bridgehead atoms. The van der Waals surface area contributed by atoms with Crippen molar-refractivity contribution in [2.45, 2.75) is 46.0 Å². The van der Waals surface area contributed by atoms with Crippen LogP contribution in [0.1, 0.15) is 46.0 Å². The van der Waals surface area contributed by atoms with Crippen LogP contribution in [0.15, 0.2) is 36.5 Å². The molecule has 0 aliphatic carbocycles. The normalized spacial score (nSPS) is 10.4. The first-order valence-corrected chi connectivity index (χ1v) is 7.38. The molecular weight excluding hydrogens is 260 g/mol. The highest BCUT2D eigenvalue weighted by Gasteiger charge is 1.85. The van der Waals surface area contributed by atoms with Crippen molar-refractivity contribution >= 4 is 5.97 Å². The lowest BCUT2D eigenvalue weighted by Gasteiger charge is -1.92. The Labute approximate surface area is 129 Å². The molecule has 112 valence electrons. The van der Waals surface area contributed by atoms with Crippen LogP contribution in [0.3, 0.4) is 0 Å². The molecule has 0 unspecified atom stereocenters. The van der Waals surface area contributed by atoms with Crippen molar-refractivity contribution in [3.63, 3.8) is 0 Å². The second kappa shape index (κ2) is 15.9. The van der Waals surface area contributed by atoms with Gasteiger partial charge in [-0.1, -0.05) is 56.3 Å². The predicted octanol–water partition coefficient (Wildman–Crippen LogP) is 4.20. The van der Waals surface area contributed by atoms with Crippen LogP contribution in [0.5, 0.6) is 0 Å². The predicted molar refractivity (Wildman–Crippen MR) is 88.4 cm³/mol.